The van der Waals surface area contributed by atoms with E-state index in [-0.39, 0.29) is 11.7 Å². The van der Waals surface area contributed by atoms with Gasteiger partial charge in [0.05, 0.1) is 16.3 Å². The molecule has 0 atom stereocenters. The van der Waals surface area contributed by atoms with Gasteiger partial charge in [0.25, 0.3) is 5.22 Å². The number of amides is 1. The van der Waals surface area contributed by atoms with Gasteiger partial charge >= 0.3 is 0 Å². The third-order valence-electron chi connectivity index (χ3n) is 4.33. The lowest BCUT2D eigenvalue weighted by atomic mass is 10.2. The number of aromatic nitrogens is 2. The number of hydrogen-bond donors (Lipinski definition) is 0. The first-order chi connectivity index (χ1) is 13.2. The highest BCUT2D eigenvalue weighted by atomic mass is 35.5. The summed E-state index contributed by atoms with van der Waals surface area (Å²) in [5.74, 6) is 0.718. The SMILES string of the molecule is O=C(CSc1nnc(-c2ccccc2Cl)o1)N(Cc1ccccc1)C1CC1. The molecule has 4 rings (SSSR count). The number of nitrogens with zero attached hydrogens (tertiary/aromatic N) is 3. The lowest BCUT2D eigenvalue weighted by Gasteiger charge is -2.22. The van der Waals surface area contributed by atoms with Crippen LogP contribution in [0.15, 0.2) is 64.2 Å². The average Bonchev–Trinajstić information content (AvgIpc) is 3.43. The van der Waals surface area contributed by atoms with Crippen LogP contribution in [-0.2, 0) is 11.3 Å². The summed E-state index contributed by atoms with van der Waals surface area (Å²) in [6, 6.07) is 17.7. The number of rotatable bonds is 7. The van der Waals surface area contributed by atoms with Crippen molar-refractivity contribution in [3.63, 3.8) is 0 Å². The van der Waals surface area contributed by atoms with E-state index in [9.17, 15) is 4.79 Å². The normalized spacial score (nSPS) is 13.5. The minimum absolute atomic E-state index is 0.0869. The molecule has 0 radical (unpaired) electrons. The Balaban J connectivity index is 1.39. The lowest BCUT2D eigenvalue weighted by molar-refractivity contribution is -0.129. The van der Waals surface area contributed by atoms with Gasteiger partial charge in [-0.2, -0.15) is 0 Å². The zero-order valence-electron chi connectivity index (χ0n) is 14.5. The smallest absolute Gasteiger partial charge is 0.277 e. The second-order valence-electron chi connectivity index (χ2n) is 6.38. The Bertz CT molecular complexity index is 928. The van der Waals surface area contributed by atoms with Crippen molar-refractivity contribution < 1.29 is 9.21 Å². The molecule has 0 bridgehead atoms. The van der Waals surface area contributed by atoms with E-state index in [2.05, 4.69) is 10.2 Å². The molecule has 1 saturated carbocycles. The molecule has 1 heterocycles. The van der Waals surface area contributed by atoms with Crippen LogP contribution in [0.25, 0.3) is 11.5 Å². The standard InChI is InChI=1S/C20H18ClN3O2S/c21-17-9-5-4-8-16(17)19-22-23-20(26-19)27-13-18(25)24(15-10-11-15)12-14-6-2-1-3-7-14/h1-9,15H,10-13H2. The minimum atomic E-state index is 0.0869. The number of carbonyl (C=O) groups excluding carboxylic acids is 1. The first kappa shape index (κ1) is 18.1. The summed E-state index contributed by atoms with van der Waals surface area (Å²) < 4.78 is 5.66. The largest absolute Gasteiger partial charge is 0.411 e. The Morgan fingerprint density at radius 3 is 2.59 bits per heavy atom. The number of halogens is 1. The summed E-state index contributed by atoms with van der Waals surface area (Å²) in [7, 11) is 0. The summed E-state index contributed by atoms with van der Waals surface area (Å²) in [4.78, 5) is 14.7. The van der Waals surface area contributed by atoms with E-state index in [0.717, 1.165) is 18.4 Å². The summed E-state index contributed by atoms with van der Waals surface area (Å²) in [6.45, 7) is 0.638. The number of carbonyl (C=O) groups is 1. The summed E-state index contributed by atoms with van der Waals surface area (Å²) in [5, 5.41) is 8.99. The van der Waals surface area contributed by atoms with E-state index >= 15 is 0 Å². The fourth-order valence-electron chi connectivity index (χ4n) is 2.81. The van der Waals surface area contributed by atoms with Gasteiger partial charge in [-0.25, -0.2) is 0 Å². The van der Waals surface area contributed by atoms with Crippen molar-refractivity contribution in [2.75, 3.05) is 5.75 Å². The molecule has 0 saturated heterocycles. The van der Waals surface area contributed by atoms with Gasteiger partial charge in [-0.1, -0.05) is 65.8 Å². The highest BCUT2D eigenvalue weighted by molar-refractivity contribution is 7.99. The molecule has 2 aromatic carbocycles. The molecule has 7 heteroatoms. The van der Waals surface area contributed by atoms with Crippen molar-refractivity contribution in [2.45, 2.75) is 30.7 Å². The third-order valence-corrected chi connectivity index (χ3v) is 5.47. The Hall–Kier alpha value is -2.31. The summed E-state index contributed by atoms with van der Waals surface area (Å²) in [5.41, 5.74) is 1.83. The van der Waals surface area contributed by atoms with Gasteiger partial charge in [0, 0.05) is 12.6 Å². The predicted molar refractivity (Wildman–Crippen MR) is 105 cm³/mol. The van der Waals surface area contributed by atoms with Crippen molar-refractivity contribution in [3.05, 3.63) is 65.2 Å². The van der Waals surface area contributed by atoms with Crippen molar-refractivity contribution in [2.24, 2.45) is 0 Å². The van der Waals surface area contributed by atoms with Crippen molar-refractivity contribution >= 4 is 29.3 Å². The maximum atomic E-state index is 12.7. The van der Waals surface area contributed by atoms with E-state index in [1.165, 1.54) is 11.8 Å². The molecule has 0 aliphatic heterocycles. The zero-order valence-corrected chi connectivity index (χ0v) is 16.1. The van der Waals surface area contributed by atoms with Crippen LogP contribution in [0.4, 0.5) is 0 Å². The van der Waals surface area contributed by atoms with Crippen LogP contribution in [0, 0.1) is 0 Å². The van der Waals surface area contributed by atoms with Gasteiger partial charge in [0.15, 0.2) is 0 Å². The predicted octanol–water partition coefficient (Wildman–Crippen LogP) is 4.67. The van der Waals surface area contributed by atoms with Crippen LogP contribution in [-0.4, -0.2) is 32.8 Å². The molecule has 0 unspecified atom stereocenters. The Morgan fingerprint density at radius 2 is 1.85 bits per heavy atom. The van der Waals surface area contributed by atoms with Gasteiger partial charge < -0.3 is 9.32 Å². The van der Waals surface area contributed by atoms with Crippen LogP contribution >= 0.6 is 23.4 Å². The first-order valence-corrected chi connectivity index (χ1v) is 10.1. The molecule has 1 aliphatic rings. The average molecular weight is 400 g/mol. The second kappa shape index (κ2) is 8.15. The molecule has 0 N–H and O–H groups in total. The molecule has 1 fully saturated rings. The van der Waals surface area contributed by atoms with Gasteiger partial charge in [0.1, 0.15) is 0 Å². The van der Waals surface area contributed by atoms with E-state index in [0.29, 0.717) is 34.3 Å². The molecular formula is C20H18ClN3O2S. The maximum absolute atomic E-state index is 12.7. The van der Waals surface area contributed by atoms with Crippen LogP contribution in [0.2, 0.25) is 5.02 Å². The minimum Gasteiger partial charge on any atom is -0.411 e. The number of hydrogen-bond acceptors (Lipinski definition) is 5. The maximum Gasteiger partial charge on any atom is 0.277 e. The number of benzene rings is 2. The van der Waals surface area contributed by atoms with E-state index < -0.39 is 0 Å². The van der Waals surface area contributed by atoms with Gasteiger partial charge in [-0.05, 0) is 30.5 Å². The molecule has 3 aromatic rings. The quantitative estimate of drug-likeness (QED) is 0.540. The molecule has 138 valence electrons. The van der Waals surface area contributed by atoms with E-state index in [1.54, 1.807) is 6.07 Å². The highest BCUT2D eigenvalue weighted by Gasteiger charge is 2.32. The lowest BCUT2D eigenvalue weighted by Crippen LogP contribution is -2.33. The molecule has 1 amide bonds. The van der Waals surface area contributed by atoms with Crippen LogP contribution in [0.5, 0.6) is 0 Å². The summed E-state index contributed by atoms with van der Waals surface area (Å²) in [6.07, 6.45) is 2.14. The van der Waals surface area contributed by atoms with Crippen LogP contribution in [0.1, 0.15) is 18.4 Å². The second-order valence-corrected chi connectivity index (χ2v) is 7.71. The topological polar surface area (TPSA) is 59.2 Å². The Morgan fingerprint density at radius 1 is 1.11 bits per heavy atom. The molecule has 1 aromatic heterocycles. The molecule has 5 nitrogen and oxygen atoms in total. The fourth-order valence-corrected chi connectivity index (χ4v) is 3.67. The number of thioether (sulfide) groups is 1. The van der Waals surface area contributed by atoms with Crippen molar-refractivity contribution in [3.8, 4) is 11.5 Å². The van der Waals surface area contributed by atoms with E-state index in [1.807, 2.05) is 53.4 Å². The first-order valence-electron chi connectivity index (χ1n) is 8.75. The monoisotopic (exact) mass is 399 g/mol. The van der Waals surface area contributed by atoms with E-state index in [4.69, 9.17) is 16.0 Å². The van der Waals surface area contributed by atoms with Gasteiger partial charge in [0.2, 0.25) is 11.8 Å². The van der Waals surface area contributed by atoms with Crippen molar-refractivity contribution in [1.82, 2.24) is 15.1 Å². The Labute approximate surface area is 166 Å². The van der Waals surface area contributed by atoms with Gasteiger partial charge in [-0.3, -0.25) is 4.79 Å². The third kappa shape index (κ3) is 4.51. The molecular weight excluding hydrogens is 382 g/mol. The van der Waals surface area contributed by atoms with Crippen molar-refractivity contribution in [1.29, 1.82) is 0 Å². The van der Waals surface area contributed by atoms with Crippen LogP contribution in [0.3, 0.4) is 0 Å². The summed E-state index contributed by atoms with van der Waals surface area (Å²) >= 11 is 7.42. The zero-order chi connectivity index (χ0) is 18.6. The fraction of sp³-hybridized carbons (Fsp3) is 0.250. The van der Waals surface area contributed by atoms with Gasteiger partial charge in [-0.15, -0.1) is 10.2 Å². The molecule has 27 heavy (non-hydrogen) atoms. The van der Waals surface area contributed by atoms with Crippen LogP contribution < -0.4 is 0 Å². The Kier molecular flexibility index (Phi) is 5.45. The molecule has 0 spiro atoms. The molecule has 1 aliphatic carbocycles. The highest BCUT2D eigenvalue weighted by Crippen LogP contribution is 2.31.